The minimum Gasteiger partial charge on any atom is -0.365 e. The Morgan fingerprint density at radius 3 is 2.05 bits per heavy atom. The summed E-state index contributed by atoms with van der Waals surface area (Å²) in [6, 6.07) is 2.39. The quantitative estimate of drug-likeness (QED) is 0.442. The van der Waals surface area contributed by atoms with Gasteiger partial charge in [-0.15, -0.1) is 0 Å². The maximum absolute atomic E-state index is 3.44. The zero-order chi connectivity index (χ0) is 13.8. The lowest BCUT2D eigenvalue weighted by molar-refractivity contribution is 0.607. The van der Waals surface area contributed by atoms with Gasteiger partial charge in [-0.1, -0.05) is 65.2 Å². The van der Waals surface area contributed by atoms with E-state index in [1.807, 2.05) is 0 Å². The highest BCUT2D eigenvalue weighted by Gasteiger charge is 1.99. The lowest BCUT2D eigenvalue weighted by Crippen LogP contribution is -1.85. The summed E-state index contributed by atoms with van der Waals surface area (Å²) in [4.78, 5) is 3.44. The largest absolute Gasteiger partial charge is 0.365 e. The standard InChI is InChI=1S/C18H33N/c1-3-5-7-9-10-11-13-17-15-18(19-16-17)14-12-8-6-4-2/h15-16,19H,3-14H2,1-2H3. The molecule has 0 aliphatic rings. The van der Waals surface area contributed by atoms with Gasteiger partial charge >= 0.3 is 0 Å². The summed E-state index contributed by atoms with van der Waals surface area (Å²) in [5, 5.41) is 0. The summed E-state index contributed by atoms with van der Waals surface area (Å²) in [6.07, 6.45) is 18.5. The molecule has 0 aliphatic heterocycles. The molecule has 0 unspecified atom stereocenters. The van der Waals surface area contributed by atoms with E-state index in [-0.39, 0.29) is 0 Å². The minimum absolute atomic E-state index is 1.23. The normalized spacial score (nSPS) is 11.1. The van der Waals surface area contributed by atoms with Crippen molar-refractivity contribution >= 4 is 0 Å². The Kier molecular flexibility index (Phi) is 9.57. The minimum atomic E-state index is 1.23. The van der Waals surface area contributed by atoms with Crippen molar-refractivity contribution in [3.8, 4) is 0 Å². The number of aromatic amines is 1. The first-order chi connectivity index (χ1) is 9.36. The van der Waals surface area contributed by atoms with Crippen LogP contribution in [0.15, 0.2) is 12.3 Å². The summed E-state index contributed by atoms with van der Waals surface area (Å²) in [6.45, 7) is 4.55. The van der Waals surface area contributed by atoms with Crippen molar-refractivity contribution in [2.75, 3.05) is 0 Å². The fraction of sp³-hybridized carbons (Fsp3) is 0.778. The van der Waals surface area contributed by atoms with Crippen molar-refractivity contribution in [1.82, 2.24) is 4.98 Å². The van der Waals surface area contributed by atoms with E-state index >= 15 is 0 Å². The topological polar surface area (TPSA) is 15.8 Å². The first-order valence-electron chi connectivity index (χ1n) is 8.53. The molecule has 0 radical (unpaired) electrons. The Bertz CT molecular complexity index is 300. The predicted octanol–water partition coefficient (Wildman–Crippen LogP) is 6.04. The Labute approximate surface area is 120 Å². The third-order valence-corrected chi connectivity index (χ3v) is 3.92. The number of H-pyrrole nitrogens is 1. The van der Waals surface area contributed by atoms with Crippen LogP contribution in [0, 0.1) is 0 Å². The smallest absolute Gasteiger partial charge is 0.0149 e. The number of unbranched alkanes of at least 4 members (excludes halogenated alkanes) is 8. The summed E-state index contributed by atoms with van der Waals surface area (Å²) in [7, 11) is 0. The molecule has 1 aromatic rings. The monoisotopic (exact) mass is 263 g/mol. The Hall–Kier alpha value is -0.720. The number of hydrogen-bond acceptors (Lipinski definition) is 0. The van der Waals surface area contributed by atoms with Gasteiger partial charge in [0.15, 0.2) is 0 Å². The molecule has 0 bridgehead atoms. The van der Waals surface area contributed by atoms with Crippen LogP contribution in [-0.4, -0.2) is 4.98 Å². The van der Waals surface area contributed by atoms with E-state index in [9.17, 15) is 0 Å². The van der Waals surface area contributed by atoms with E-state index in [1.165, 1.54) is 88.3 Å². The van der Waals surface area contributed by atoms with Gasteiger partial charge in [-0.3, -0.25) is 0 Å². The van der Waals surface area contributed by atoms with E-state index in [1.54, 1.807) is 0 Å². The number of aryl methyl sites for hydroxylation is 2. The van der Waals surface area contributed by atoms with Crippen molar-refractivity contribution in [2.45, 2.75) is 90.9 Å². The van der Waals surface area contributed by atoms with Crippen molar-refractivity contribution < 1.29 is 0 Å². The van der Waals surface area contributed by atoms with E-state index in [0.717, 1.165) is 0 Å². The fourth-order valence-electron chi connectivity index (χ4n) is 2.63. The lowest BCUT2D eigenvalue weighted by Gasteiger charge is -1.99. The van der Waals surface area contributed by atoms with Crippen LogP contribution in [0.4, 0.5) is 0 Å². The highest BCUT2D eigenvalue weighted by Crippen LogP contribution is 2.13. The van der Waals surface area contributed by atoms with Crippen LogP contribution in [0.3, 0.4) is 0 Å². The van der Waals surface area contributed by atoms with Gasteiger partial charge in [-0.2, -0.15) is 0 Å². The van der Waals surface area contributed by atoms with Crippen LogP contribution in [-0.2, 0) is 12.8 Å². The summed E-state index contributed by atoms with van der Waals surface area (Å²) in [5.74, 6) is 0. The second-order valence-electron chi connectivity index (χ2n) is 5.86. The SMILES string of the molecule is CCCCCCCCc1c[nH]c(CCCCCC)c1. The lowest BCUT2D eigenvalue weighted by atomic mass is 10.1. The first kappa shape index (κ1) is 16.3. The molecule has 0 aromatic carbocycles. The van der Waals surface area contributed by atoms with E-state index in [2.05, 4.69) is 31.1 Å². The molecule has 1 rings (SSSR count). The van der Waals surface area contributed by atoms with Gasteiger partial charge in [0.05, 0.1) is 0 Å². The average Bonchev–Trinajstić information content (AvgIpc) is 2.87. The number of rotatable bonds is 12. The van der Waals surface area contributed by atoms with Crippen LogP contribution < -0.4 is 0 Å². The third-order valence-electron chi connectivity index (χ3n) is 3.92. The van der Waals surface area contributed by atoms with E-state index in [4.69, 9.17) is 0 Å². The number of aromatic nitrogens is 1. The number of nitrogens with one attached hydrogen (secondary N) is 1. The molecule has 110 valence electrons. The Morgan fingerprint density at radius 1 is 0.737 bits per heavy atom. The highest BCUT2D eigenvalue weighted by molar-refractivity contribution is 5.16. The van der Waals surface area contributed by atoms with Crippen molar-refractivity contribution in [1.29, 1.82) is 0 Å². The molecule has 0 atom stereocenters. The van der Waals surface area contributed by atoms with Crippen molar-refractivity contribution in [2.24, 2.45) is 0 Å². The summed E-state index contributed by atoms with van der Waals surface area (Å²) in [5.41, 5.74) is 2.96. The molecule has 0 saturated carbocycles. The van der Waals surface area contributed by atoms with Gasteiger partial charge in [0.2, 0.25) is 0 Å². The fourth-order valence-corrected chi connectivity index (χ4v) is 2.63. The maximum Gasteiger partial charge on any atom is 0.0149 e. The van der Waals surface area contributed by atoms with E-state index < -0.39 is 0 Å². The Morgan fingerprint density at radius 2 is 1.32 bits per heavy atom. The van der Waals surface area contributed by atoms with Crippen molar-refractivity contribution in [3.05, 3.63) is 23.5 Å². The van der Waals surface area contributed by atoms with Gasteiger partial charge in [0, 0.05) is 11.9 Å². The molecular weight excluding hydrogens is 230 g/mol. The van der Waals surface area contributed by atoms with Crippen LogP contribution in [0.25, 0.3) is 0 Å². The van der Waals surface area contributed by atoms with Crippen LogP contribution in [0.2, 0.25) is 0 Å². The molecule has 0 fully saturated rings. The van der Waals surface area contributed by atoms with Crippen LogP contribution >= 0.6 is 0 Å². The van der Waals surface area contributed by atoms with Gasteiger partial charge < -0.3 is 4.98 Å². The van der Waals surface area contributed by atoms with Gasteiger partial charge in [-0.05, 0) is 37.3 Å². The summed E-state index contributed by atoms with van der Waals surface area (Å²) < 4.78 is 0. The number of hydrogen-bond donors (Lipinski definition) is 1. The molecule has 1 N–H and O–H groups in total. The van der Waals surface area contributed by atoms with Gasteiger partial charge in [0.1, 0.15) is 0 Å². The van der Waals surface area contributed by atoms with E-state index in [0.29, 0.717) is 0 Å². The predicted molar refractivity (Wildman–Crippen MR) is 85.7 cm³/mol. The van der Waals surface area contributed by atoms with Gasteiger partial charge in [0.25, 0.3) is 0 Å². The second-order valence-corrected chi connectivity index (χ2v) is 5.86. The molecular formula is C18H33N. The molecule has 1 heterocycles. The molecule has 19 heavy (non-hydrogen) atoms. The Balaban J connectivity index is 2.06. The van der Waals surface area contributed by atoms with Gasteiger partial charge in [-0.25, -0.2) is 0 Å². The molecule has 0 spiro atoms. The second kappa shape index (κ2) is 11.1. The first-order valence-corrected chi connectivity index (χ1v) is 8.53. The van der Waals surface area contributed by atoms with Crippen LogP contribution in [0.5, 0.6) is 0 Å². The zero-order valence-electron chi connectivity index (χ0n) is 13.1. The third kappa shape index (κ3) is 8.13. The molecule has 0 aliphatic carbocycles. The van der Waals surface area contributed by atoms with Crippen LogP contribution in [0.1, 0.15) is 89.3 Å². The maximum atomic E-state index is 3.44. The molecule has 1 nitrogen and oxygen atoms in total. The molecule has 1 heteroatoms. The molecule has 0 saturated heterocycles. The highest BCUT2D eigenvalue weighted by atomic mass is 14.7. The molecule has 1 aromatic heterocycles. The average molecular weight is 263 g/mol. The summed E-state index contributed by atoms with van der Waals surface area (Å²) >= 11 is 0. The zero-order valence-corrected chi connectivity index (χ0v) is 13.1. The molecule has 0 amide bonds. The van der Waals surface area contributed by atoms with Crippen molar-refractivity contribution in [3.63, 3.8) is 0 Å².